The SMILES string of the molecule is CC(C)(C)c1ccc(-c2c3nc(c(-c4ccc(C(C)(C)C)cc4)c4[nH]c(c(-c5ccc(C(C)(C)C)cc5)c5nc(cc6ccc2[nH]6)C=C5)c2ccccc42)-c2ccccc2-3)cc1. The van der Waals surface area contributed by atoms with Crippen LogP contribution in [0.4, 0.5) is 0 Å². The smallest absolute Gasteiger partial charge is 0.0816 e. The number of benzene rings is 5. The summed E-state index contributed by atoms with van der Waals surface area (Å²) in [5.41, 5.74) is 20.4. The number of fused-ring (bicyclic) bond motifs is 14. The molecule has 5 heterocycles. The summed E-state index contributed by atoms with van der Waals surface area (Å²) in [7, 11) is 0. The van der Waals surface area contributed by atoms with E-state index >= 15 is 0 Å². The van der Waals surface area contributed by atoms with Gasteiger partial charge in [0.1, 0.15) is 0 Å². The fourth-order valence-corrected chi connectivity index (χ4v) is 9.13. The van der Waals surface area contributed by atoms with E-state index in [1.165, 1.54) is 16.7 Å². The summed E-state index contributed by atoms with van der Waals surface area (Å²) < 4.78 is 0. The second-order valence-corrected chi connectivity index (χ2v) is 20.1. The number of H-pyrrole nitrogens is 2. The molecule has 2 aliphatic rings. The van der Waals surface area contributed by atoms with Gasteiger partial charge in [0.2, 0.25) is 0 Å². The third-order valence-electron chi connectivity index (χ3n) is 12.7. The van der Waals surface area contributed by atoms with E-state index in [9.17, 15) is 0 Å². The number of aromatic nitrogens is 4. The first-order valence-electron chi connectivity index (χ1n) is 21.9. The Morgan fingerprint density at radius 3 is 1.37 bits per heavy atom. The highest BCUT2D eigenvalue weighted by Gasteiger charge is 2.27. The zero-order valence-electron chi connectivity index (χ0n) is 37.3. The summed E-state index contributed by atoms with van der Waals surface area (Å²) in [5.74, 6) is 0. The van der Waals surface area contributed by atoms with Crippen molar-refractivity contribution in [3.63, 3.8) is 0 Å². The maximum atomic E-state index is 5.83. The highest BCUT2D eigenvalue weighted by molar-refractivity contribution is 6.17. The number of hydrogen-bond donors (Lipinski definition) is 2. The normalized spacial score (nSPS) is 12.9. The first-order valence-corrected chi connectivity index (χ1v) is 21.9. The molecule has 0 atom stereocenters. The van der Waals surface area contributed by atoms with Gasteiger partial charge in [0, 0.05) is 49.6 Å². The van der Waals surface area contributed by atoms with E-state index < -0.39 is 0 Å². The quantitative estimate of drug-likeness (QED) is 0.187. The average Bonchev–Trinajstić information content (AvgIpc) is 4.06. The van der Waals surface area contributed by atoms with E-state index in [1.54, 1.807) is 0 Å². The van der Waals surface area contributed by atoms with Gasteiger partial charge < -0.3 is 9.97 Å². The second-order valence-electron chi connectivity index (χ2n) is 20.1. The lowest BCUT2D eigenvalue weighted by Gasteiger charge is -2.19. The Labute approximate surface area is 365 Å². The van der Waals surface area contributed by atoms with Crippen LogP contribution in [0.2, 0.25) is 0 Å². The van der Waals surface area contributed by atoms with Crippen LogP contribution in [0.1, 0.15) is 90.4 Å². The van der Waals surface area contributed by atoms with Crippen molar-refractivity contribution in [1.82, 2.24) is 19.9 Å². The molecule has 8 aromatic rings. The van der Waals surface area contributed by atoms with Crippen LogP contribution in [-0.2, 0) is 16.2 Å². The maximum Gasteiger partial charge on any atom is 0.0816 e. The lowest BCUT2D eigenvalue weighted by Crippen LogP contribution is -2.10. The third kappa shape index (κ3) is 6.88. The lowest BCUT2D eigenvalue weighted by atomic mass is 9.85. The van der Waals surface area contributed by atoms with Gasteiger partial charge in [-0.05, 0) is 80.0 Å². The maximum absolute atomic E-state index is 5.83. The molecule has 0 saturated heterocycles. The Hall–Kier alpha value is -6.78. The number of nitrogens with zero attached hydrogens (tertiary/aromatic N) is 2. The van der Waals surface area contributed by atoms with Crippen LogP contribution in [0.5, 0.6) is 0 Å². The molecule has 0 amide bonds. The topological polar surface area (TPSA) is 57.4 Å². The van der Waals surface area contributed by atoms with E-state index in [-0.39, 0.29) is 16.2 Å². The molecule has 5 aromatic carbocycles. The molecule has 4 nitrogen and oxygen atoms in total. The van der Waals surface area contributed by atoms with E-state index in [0.717, 1.165) is 100 Å². The van der Waals surface area contributed by atoms with Gasteiger partial charge in [-0.3, -0.25) is 0 Å². The minimum atomic E-state index is 0.00488. The summed E-state index contributed by atoms with van der Waals surface area (Å²) in [6.07, 6.45) is 4.30. The molecule has 2 N–H and O–H groups in total. The van der Waals surface area contributed by atoms with Gasteiger partial charge >= 0.3 is 0 Å². The Balaban J connectivity index is 1.42. The van der Waals surface area contributed by atoms with Crippen LogP contribution in [0.25, 0.3) is 101 Å². The second kappa shape index (κ2) is 14.4. The number of nitrogens with one attached hydrogen (secondary N) is 2. The van der Waals surface area contributed by atoms with Gasteiger partial charge in [-0.2, -0.15) is 0 Å². The zero-order chi connectivity index (χ0) is 43.1. The molecule has 2 aliphatic heterocycles. The highest BCUT2D eigenvalue weighted by atomic mass is 14.8. The predicted octanol–water partition coefficient (Wildman–Crippen LogP) is 15.9. The summed E-state index contributed by atoms with van der Waals surface area (Å²) >= 11 is 0. The highest BCUT2D eigenvalue weighted by Crippen LogP contribution is 2.48. The third-order valence-corrected chi connectivity index (χ3v) is 12.7. The monoisotopic (exact) mass is 806 g/mol. The Morgan fingerprint density at radius 1 is 0.403 bits per heavy atom. The van der Waals surface area contributed by atoms with Gasteiger partial charge in [0.05, 0.1) is 33.8 Å². The van der Waals surface area contributed by atoms with Crippen molar-refractivity contribution < 1.29 is 0 Å². The van der Waals surface area contributed by atoms with Crippen molar-refractivity contribution in [1.29, 1.82) is 0 Å². The number of hydrogen-bond acceptors (Lipinski definition) is 2. The average molecular weight is 807 g/mol. The Bertz CT molecular complexity index is 3240. The van der Waals surface area contributed by atoms with Crippen LogP contribution >= 0.6 is 0 Å². The fraction of sp³-hybridized carbons (Fsp3) is 0.207. The standard InChI is InChI=1S/C58H54N4/c1-56(2,3)38-24-18-35(19-25-38)49-47-32-30-41(59-47)34-42-31-33-48(60-42)50(36-20-26-39(27-21-36)57(4,5)6)53-44-15-11-13-17-46(44)55(62-53)51(37-22-28-40(29-23-37)58(7,8)9)54-45-16-12-10-14-43(45)52(49)61-54/h10-34,59,62H,1-9H3. The number of rotatable bonds is 3. The van der Waals surface area contributed by atoms with E-state index in [0.29, 0.717) is 0 Å². The van der Waals surface area contributed by atoms with Crippen molar-refractivity contribution in [2.45, 2.75) is 78.6 Å². The van der Waals surface area contributed by atoms with Gasteiger partial charge in [-0.25, -0.2) is 9.97 Å². The summed E-state index contributed by atoms with van der Waals surface area (Å²) in [4.78, 5) is 19.1. The molecule has 306 valence electrons. The summed E-state index contributed by atoms with van der Waals surface area (Å²) in [5, 5.41) is 2.27. The van der Waals surface area contributed by atoms with Gasteiger partial charge in [-0.15, -0.1) is 0 Å². The van der Waals surface area contributed by atoms with Crippen molar-refractivity contribution in [3.05, 3.63) is 168 Å². The van der Waals surface area contributed by atoms with Crippen LogP contribution in [0.3, 0.4) is 0 Å². The van der Waals surface area contributed by atoms with Crippen molar-refractivity contribution in [2.75, 3.05) is 0 Å². The molecule has 62 heavy (non-hydrogen) atoms. The predicted molar refractivity (Wildman–Crippen MR) is 264 cm³/mol. The molecule has 4 heteroatoms. The van der Waals surface area contributed by atoms with Gasteiger partial charge in [-0.1, -0.05) is 184 Å². The Morgan fingerprint density at radius 2 is 0.855 bits per heavy atom. The minimum Gasteiger partial charge on any atom is -0.355 e. The molecular formula is C58H54N4. The lowest BCUT2D eigenvalue weighted by molar-refractivity contribution is 0.590. The van der Waals surface area contributed by atoms with Gasteiger partial charge in [0.15, 0.2) is 0 Å². The van der Waals surface area contributed by atoms with Crippen LogP contribution < -0.4 is 0 Å². The minimum absolute atomic E-state index is 0.00488. The zero-order valence-corrected chi connectivity index (χ0v) is 37.3. The van der Waals surface area contributed by atoms with Gasteiger partial charge in [0.25, 0.3) is 0 Å². The summed E-state index contributed by atoms with van der Waals surface area (Å²) in [6, 6.07) is 51.3. The first-order chi connectivity index (χ1) is 29.6. The molecule has 0 unspecified atom stereocenters. The molecule has 10 rings (SSSR count). The van der Waals surface area contributed by atoms with Crippen molar-refractivity contribution in [2.24, 2.45) is 0 Å². The number of aromatic amines is 2. The van der Waals surface area contributed by atoms with Crippen LogP contribution in [-0.4, -0.2) is 19.9 Å². The Kier molecular flexibility index (Phi) is 9.15. The van der Waals surface area contributed by atoms with Crippen LogP contribution in [0, 0.1) is 0 Å². The molecule has 8 bridgehead atoms. The van der Waals surface area contributed by atoms with Crippen molar-refractivity contribution in [3.8, 4) is 55.9 Å². The van der Waals surface area contributed by atoms with Crippen molar-refractivity contribution >= 4 is 45.0 Å². The molecule has 3 aromatic heterocycles. The van der Waals surface area contributed by atoms with E-state index in [2.05, 4.69) is 224 Å². The van der Waals surface area contributed by atoms with Crippen LogP contribution in [0.15, 0.2) is 140 Å². The molecule has 0 fully saturated rings. The molecule has 0 saturated carbocycles. The van der Waals surface area contributed by atoms with E-state index in [4.69, 9.17) is 9.97 Å². The molecule has 0 spiro atoms. The largest absolute Gasteiger partial charge is 0.355 e. The first kappa shape index (κ1) is 39.4. The summed E-state index contributed by atoms with van der Waals surface area (Å²) in [6.45, 7) is 20.4. The fourth-order valence-electron chi connectivity index (χ4n) is 9.13. The molecule has 0 radical (unpaired) electrons. The molecular weight excluding hydrogens is 753 g/mol. The van der Waals surface area contributed by atoms with E-state index in [1.807, 2.05) is 0 Å². The molecule has 0 aliphatic carbocycles.